The van der Waals surface area contributed by atoms with Gasteiger partial charge in [-0.2, -0.15) is 0 Å². The summed E-state index contributed by atoms with van der Waals surface area (Å²) in [5.74, 6) is 1.86. The SMILES string of the molecule is CCC1C(=O)NC2CC(NC(=O)COc3cccc(C)c3)CCC2C1C. The standard InChI is InChI=1S/C21H30N2O3/c1-4-17-14(3)18-9-8-15(11-19(18)23-21(17)25)22-20(24)12-26-16-7-5-6-13(2)10-16/h5-7,10,14-15,17-19H,4,8-9,11-12H2,1-3H3,(H,22,24)(H,23,25). The Bertz CT molecular complexity index is 660. The van der Waals surface area contributed by atoms with Gasteiger partial charge in [0, 0.05) is 18.0 Å². The molecule has 2 amide bonds. The monoisotopic (exact) mass is 358 g/mol. The van der Waals surface area contributed by atoms with Crippen LogP contribution in [0.2, 0.25) is 0 Å². The number of amides is 2. The number of fused-ring (bicyclic) bond motifs is 1. The van der Waals surface area contributed by atoms with Gasteiger partial charge in [-0.3, -0.25) is 9.59 Å². The van der Waals surface area contributed by atoms with Gasteiger partial charge in [-0.1, -0.05) is 26.0 Å². The predicted octanol–water partition coefficient (Wildman–Crippen LogP) is 2.82. The predicted molar refractivity (Wildman–Crippen MR) is 101 cm³/mol. The molecule has 5 heteroatoms. The zero-order valence-electron chi connectivity index (χ0n) is 16.0. The van der Waals surface area contributed by atoms with Crippen LogP contribution in [-0.4, -0.2) is 30.5 Å². The number of benzene rings is 1. The van der Waals surface area contributed by atoms with Crippen LogP contribution < -0.4 is 15.4 Å². The molecule has 3 rings (SSSR count). The van der Waals surface area contributed by atoms with Crippen molar-refractivity contribution in [3.8, 4) is 5.75 Å². The second-order valence-electron chi connectivity index (χ2n) is 7.84. The molecule has 1 aromatic carbocycles. The second-order valence-corrected chi connectivity index (χ2v) is 7.84. The average Bonchev–Trinajstić information content (AvgIpc) is 2.60. The van der Waals surface area contributed by atoms with E-state index in [2.05, 4.69) is 24.5 Å². The van der Waals surface area contributed by atoms with Gasteiger partial charge in [0.05, 0.1) is 0 Å². The number of hydrogen-bond donors (Lipinski definition) is 2. The van der Waals surface area contributed by atoms with Crippen LogP contribution in [0.25, 0.3) is 0 Å². The van der Waals surface area contributed by atoms with E-state index in [4.69, 9.17) is 4.74 Å². The number of aryl methyl sites for hydroxylation is 1. The fourth-order valence-electron chi connectivity index (χ4n) is 4.63. The summed E-state index contributed by atoms with van der Waals surface area (Å²) in [4.78, 5) is 24.5. The molecule has 5 atom stereocenters. The molecule has 1 aromatic rings. The lowest BCUT2D eigenvalue weighted by atomic mass is 9.67. The maximum absolute atomic E-state index is 12.3. The third-order valence-corrected chi connectivity index (χ3v) is 6.04. The molecule has 2 fully saturated rings. The Morgan fingerprint density at radius 3 is 2.88 bits per heavy atom. The molecule has 1 aliphatic heterocycles. The van der Waals surface area contributed by atoms with Crippen LogP contribution in [0.15, 0.2) is 24.3 Å². The number of carbonyl (C=O) groups is 2. The van der Waals surface area contributed by atoms with Gasteiger partial charge in [0.15, 0.2) is 6.61 Å². The Morgan fingerprint density at radius 1 is 1.35 bits per heavy atom. The van der Waals surface area contributed by atoms with Gasteiger partial charge < -0.3 is 15.4 Å². The second kappa shape index (κ2) is 8.11. The number of rotatable bonds is 5. The molecule has 2 aliphatic rings. The lowest BCUT2D eigenvalue weighted by Gasteiger charge is -2.46. The van der Waals surface area contributed by atoms with Crippen molar-refractivity contribution in [3.05, 3.63) is 29.8 Å². The number of ether oxygens (including phenoxy) is 1. The van der Waals surface area contributed by atoms with E-state index in [1.807, 2.05) is 31.2 Å². The molecule has 26 heavy (non-hydrogen) atoms. The number of nitrogens with one attached hydrogen (secondary N) is 2. The van der Waals surface area contributed by atoms with Crippen molar-refractivity contribution in [2.45, 2.75) is 58.5 Å². The molecular weight excluding hydrogens is 328 g/mol. The number of carbonyl (C=O) groups excluding carboxylic acids is 2. The Morgan fingerprint density at radius 2 is 2.15 bits per heavy atom. The van der Waals surface area contributed by atoms with Crippen molar-refractivity contribution < 1.29 is 14.3 Å². The third kappa shape index (κ3) is 4.19. The smallest absolute Gasteiger partial charge is 0.258 e. The fraction of sp³-hybridized carbons (Fsp3) is 0.619. The molecular formula is C21H30N2O3. The van der Waals surface area contributed by atoms with Crippen LogP contribution in [-0.2, 0) is 9.59 Å². The van der Waals surface area contributed by atoms with E-state index in [1.54, 1.807) is 0 Å². The maximum Gasteiger partial charge on any atom is 0.258 e. The first-order chi connectivity index (χ1) is 12.5. The number of hydrogen-bond acceptors (Lipinski definition) is 3. The molecule has 5 nitrogen and oxygen atoms in total. The zero-order chi connectivity index (χ0) is 18.7. The molecule has 0 radical (unpaired) electrons. The minimum absolute atomic E-state index is 0.0225. The van der Waals surface area contributed by atoms with Gasteiger partial charge in [-0.05, 0) is 62.1 Å². The van der Waals surface area contributed by atoms with Crippen molar-refractivity contribution in [1.29, 1.82) is 0 Å². The van der Waals surface area contributed by atoms with Crippen LogP contribution in [0.4, 0.5) is 0 Å². The molecule has 142 valence electrons. The van der Waals surface area contributed by atoms with E-state index in [0.29, 0.717) is 17.6 Å². The Balaban J connectivity index is 1.49. The summed E-state index contributed by atoms with van der Waals surface area (Å²) in [5, 5.41) is 6.27. The number of piperidine rings is 1. The van der Waals surface area contributed by atoms with Crippen LogP contribution >= 0.6 is 0 Å². The summed E-state index contributed by atoms with van der Waals surface area (Å²) >= 11 is 0. The van der Waals surface area contributed by atoms with Gasteiger partial charge in [0.1, 0.15) is 5.75 Å². The van der Waals surface area contributed by atoms with Crippen LogP contribution in [0, 0.1) is 24.7 Å². The van der Waals surface area contributed by atoms with Crippen molar-refractivity contribution in [2.75, 3.05) is 6.61 Å². The lowest BCUT2D eigenvalue weighted by Crippen LogP contribution is -2.58. The van der Waals surface area contributed by atoms with Crippen LogP contribution in [0.5, 0.6) is 5.75 Å². The first-order valence-electron chi connectivity index (χ1n) is 9.77. The van der Waals surface area contributed by atoms with Gasteiger partial charge >= 0.3 is 0 Å². The fourth-order valence-corrected chi connectivity index (χ4v) is 4.63. The summed E-state index contributed by atoms with van der Waals surface area (Å²) in [6.45, 7) is 6.31. The van der Waals surface area contributed by atoms with Crippen LogP contribution in [0.3, 0.4) is 0 Å². The van der Waals surface area contributed by atoms with Crippen molar-refractivity contribution >= 4 is 11.8 Å². The summed E-state index contributed by atoms with van der Waals surface area (Å²) in [5.41, 5.74) is 1.11. The highest BCUT2D eigenvalue weighted by molar-refractivity contribution is 5.80. The zero-order valence-corrected chi connectivity index (χ0v) is 16.0. The highest BCUT2D eigenvalue weighted by Crippen LogP contribution is 2.38. The first-order valence-corrected chi connectivity index (χ1v) is 9.77. The van der Waals surface area contributed by atoms with Gasteiger partial charge in [-0.15, -0.1) is 0 Å². The quantitative estimate of drug-likeness (QED) is 0.850. The van der Waals surface area contributed by atoms with E-state index >= 15 is 0 Å². The molecule has 1 saturated heterocycles. The first kappa shape index (κ1) is 18.7. The minimum atomic E-state index is -0.100. The summed E-state index contributed by atoms with van der Waals surface area (Å²) in [7, 11) is 0. The van der Waals surface area contributed by atoms with Crippen molar-refractivity contribution in [3.63, 3.8) is 0 Å². The van der Waals surface area contributed by atoms with Gasteiger partial charge in [0.2, 0.25) is 5.91 Å². The summed E-state index contributed by atoms with van der Waals surface area (Å²) in [6, 6.07) is 7.97. The molecule has 0 aromatic heterocycles. The highest BCUT2D eigenvalue weighted by atomic mass is 16.5. The van der Waals surface area contributed by atoms with E-state index in [0.717, 1.165) is 31.2 Å². The molecule has 1 heterocycles. The van der Waals surface area contributed by atoms with Gasteiger partial charge in [-0.25, -0.2) is 0 Å². The molecule has 0 spiro atoms. The Kier molecular flexibility index (Phi) is 5.84. The Labute approximate surface area is 155 Å². The van der Waals surface area contributed by atoms with Crippen molar-refractivity contribution in [1.82, 2.24) is 10.6 Å². The summed E-state index contributed by atoms with van der Waals surface area (Å²) in [6.07, 6.45) is 3.72. The molecule has 1 saturated carbocycles. The van der Waals surface area contributed by atoms with E-state index in [-0.39, 0.29) is 36.4 Å². The van der Waals surface area contributed by atoms with E-state index in [1.165, 1.54) is 0 Å². The van der Waals surface area contributed by atoms with Crippen LogP contribution in [0.1, 0.15) is 45.1 Å². The summed E-state index contributed by atoms with van der Waals surface area (Å²) < 4.78 is 5.58. The van der Waals surface area contributed by atoms with Crippen molar-refractivity contribution in [2.24, 2.45) is 17.8 Å². The highest BCUT2D eigenvalue weighted by Gasteiger charge is 2.43. The largest absolute Gasteiger partial charge is 0.484 e. The van der Waals surface area contributed by atoms with Gasteiger partial charge in [0.25, 0.3) is 5.91 Å². The third-order valence-electron chi connectivity index (χ3n) is 6.04. The molecule has 2 N–H and O–H groups in total. The topological polar surface area (TPSA) is 67.4 Å². The van der Waals surface area contributed by atoms with E-state index < -0.39 is 0 Å². The average molecular weight is 358 g/mol. The molecule has 0 bridgehead atoms. The lowest BCUT2D eigenvalue weighted by molar-refractivity contribution is -0.133. The molecule has 1 aliphatic carbocycles. The molecule has 5 unspecified atom stereocenters. The Hall–Kier alpha value is -2.04. The van der Waals surface area contributed by atoms with E-state index in [9.17, 15) is 9.59 Å². The maximum atomic E-state index is 12.3. The minimum Gasteiger partial charge on any atom is -0.484 e. The normalized spacial score (nSPS) is 30.9.